The number of nitrogens with one attached hydrogen (secondary N) is 2. The third kappa shape index (κ3) is 5.36. The summed E-state index contributed by atoms with van der Waals surface area (Å²) in [6, 6.07) is 18.5. The van der Waals surface area contributed by atoms with Gasteiger partial charge in [0.1, 0.15) is 23.0 Å². The summed E-state index contributed by atoms with van der Waals surface area (Å²) in [5.74, 6) is 2.19. The average Bonchev–Trinajstić information content (AvgIpc) is 3.30. The van der Waals surface area contributed by atoms with Gasteiger partial charge in [-0.1, -0.05) is 23.7 Å². The van der Waals surface area contributed by atoms with Gasteiger partial charge in [-0.2, -0.15) is 0 Å². The molecule has 0 saturated heterocycles. The van der Waals surface area contributed by atoms with Crippen molar-refractivity contribution >= 4 is 29.0 Å². The summed E-state index contributed by atoms with van der Waals surface area (Å²) in [7, 11) is 0. The standard InChI is InChI=1S/C23H21ClN4O2/c24-17-4-6-18(7-5-17)28-22(29)10-3-16-1-8-19(9-2-16)30-20-11-12-25-21(15-20)23-26-13-14-27-23/h1-2,4-9,11-12,15H,3,10,13-14H2,(H,26,27)(H,28,29). The number of halogens is 1. The topological polar surface area (TPSA) is 75.6 Å². The minimum atomic E-state index is -0.0367. The van der Waals surface area contributed by atoms with E-state index in [1.165, 1.54) is 0 Å². The lowest BCUT2D eigenvalue weighted by molar-refractivity contribution is -0.116. The third-order valence-corrected chi connectivity index (χ3v) is 4.83. The van der Waals surface area contributed by atoms with Crippen LogP contribution in [0.4, 0.5) is 5.69 Å². The molecule has 0 bridgehead atoms. The van der Waals surface area contributed by atoms with Gasteiger partial charge in [-0.05, 0) is 54.4 Å². The molecule has 0 aliphatic carbocycles. The number of aromatic nitrogens is 1. The fourth-order valence-electron chi connectivity index (χ4n) is 3.05. The Morgan fingerprint density at radius 1 is 1.07 bits per heavy atom. The Bertz CT molecular complexity index is 1050. The summed E-state index contributed by atoms with van der Waals surface area (Å²) in [6.45, 7) is 1.60. The molecule has 1 aliphatic heterocycles. The predicted octanol–water partition coefficient (Wildman–Crippen LogP) is 4.45. The van der Waals surface area contributed by atoms with Gasteiger partial charge in [0.25, 0.3) is 0 Å². The number of aliphatic imine (C=N–C) groups is 1. The van der Waals surface area contributed by atoms with Gasteiger partial charge in [-0.25, -0.2) is 0 Å². The maximum Gasteiger partial charge on any atom is 0.224 e. The van der Waals surface area contributed by atoms with E-state index in [4.69, 9.17) is 16.3 Å². The molecule has 3 aromatic rings. The van der Waals surface area contributed by atoms with Gasteiger partial charge in [-0.15, -0.1) is 0 Å². The molecule has 0 saturated carbocycles. The summed E-state index contributed by atoms with van der Waals surface area (Å²) in [5.41, 5.74) is 2.57. The molecule has 0 atom stereocenters. The highest BCUT2D eigenvalue weighted by molar-refractivity contribution is 6.30. The number of aryl methyl sites for hydroxylation is 1. The Morgan fingerprint density at radius 2 is 1.87 bits per heavy atom. The van der Waals surface area contributed by atoms with E-state index < -0.39 is 0 Å². The normalized spacial score (nSPS) is 12.8. The van der Waals surface area contributed by atoms with Crippen LogP contribution in [0.1, 0.15) is 17.7 Å². The zero-order valence-electron chi connectivity index (χ0n) is 16.3. The summed E-state index contributed by atoms with van der Waals surface area (Å²) in [6.07, 6.45) is 2.75. The molecule has 2 N–H and O–H groups in total. The van der Waals surface area contributed by atoms with Gasteiger partial charge in [0, 0.05) is 35.9 Å². The highest BCUT2D eigenvalue weighted by atomic mass is 35.5. The second-order valence-electron chi connectivity index (χ2n) is 6.83. The van der Waals surface area contributed by atoms with Gasteiger partial charge in [0.2, 0.25) is 5.91 Å². The van der Waals surface area contributed by atoms with Crippen LogP contribution in [-0.2, 0) is 11.2 Å². The lowest BCUT2D eigenvalue weighted by atomic mass is 10.1. The van der Waals surface area contributed by atoms with E-state index in [2.05, 4.69) is 20.6 Å². The summed E-state index contributed by atoms with van der Waals surface area (Å²) >= 11 is 5.86. The Kier molecular flexibility index (Phi) is 6.25. The maximum atomic E-state index is 12.1. The molecule has 2 aromatic carbocycles. The number of amidine groups is 1. The van der Waals surface area contributed by atoms with Gasteiger partial charge >= 0.3 is 0 Å². The molecule has 0 fully saturated rings. The quantitative estimate of drug-likeness (QED) is 0.592. The smallest absolute Gasteiger partial charge is 0.224 e. The highest BCUT2D eigenvalue weighted by Gasteiger charge is 2.10. The molecule has 1 aliphatic rings. The van der Waals surface area contributed by atoms with Crippen LogP contribution < -0.4 is 15.4 Å². The number of ether oxygens (including phenoxy) is 1. The van der Waals surface area contributed by atoms with Crippen molar-refractivity contribution in [1.29, 1.82) is 0 Å². The fraction of sp³-hybridized carbons (Fsp3) is 0.174. The zero-order chi connectivity index (χ0) is 20.8. The van der Waals surface area contributed by atoms with E-state index in [1.54, 1.807) is 30.5 Å². The molecular formula is C23H21ClN4O2. The van der Waals surface area contributed by atoms with Crippen molar-refractivity contribution in [3.63, 3.8) is 0 Å². The predicted molar refractivity (Wildman–Crippen MR) is 119 cm³/mol. The van der Waals surface area contributed by atoms with E-state index in [1.807, 2.05) is 36.4 Å². The Morgan fingerprint density at radius 3 is 2.60 bits per heavy atom. The Hall–Kier alpha value is -3.38. The lowest BCUT2D eigenvalue weighted by Crippen LogP contribution is -2.20. The minimum Gasteiger partial charge on any atom is -0.457 e. The van der Waals surface area contributed by atoms with Crippen LogP contribution in [0.3, 0.4) is 0 Å². The van der Waals surface area contributed by atoms with Crippen molar-refractivity contribution in [3.05, 3.63) is 83.1 Å². The van der Waals surface area contributed by atoms with Crippen LogP contribution in [0.2, 0.25) is 5.02 Å². The summed E-state index contributed by atoms with van der Waals surface area (Å²) in [4.78, 5) is 20.8. The first kappa shape index (κ1) is 19.9. The SMILES string of the molecule is O=C(CCc1ccc(Oc2ccnc(C3=NCCN3)c2)cc1)Nc1ccc(Cl)cc1. The van der Waals surface area contributed by atoms with Crippen LogP contribution in [0.5, 0.6) is 11.5 Å². The molecule has 0 spiro atoms. The lowest BCUT2D eigenvalue weighted by Gasteiger charge is -2.09. The molecule has 2 heterocycles. The average molecular weight is 421 g/mol. The first-order valence-electron chi connectivity index (χ1n) is 9.73. The van der Waals surface area contributed by atoms with E-state index in [-0.39, 0.29) is 5.91 Å². The van der Waals surface area contributed by atoms with Crippen LogP contribution in [0.15, 0.2) is 71.9 Å². The number of rotatable bonds is 7. The number of anilines is 1. The molecular weight excluding hydrogens is 400 g/mol. The van der Waals surface area contributed by atoms with Crippen molar-refractivity contribution in [1.82, 2.24) is 10.3 Å². The van der Waals surface area contributed by atoms with Crippen molar-refractivity contribution in [2.75, 3.05) is 18.4 Å². The monoisotopic (exact) mass is 420 g/mol. The minimum absolute atomic E-state index is 0.0367. The van der Waals surface area contributed by atoms with Crippen LogP contribution in [0, 0.1) is 0 Å². The van der Waals surface area contributed by atoms with E-state index in [0.29, 0.717) is 23.6 Å². The third-order valence-electron chi connectivity index (χ3n) is 4.58. The van der Waals surface area contributed by atoms with Crippen molar-refractivity contribution in [2.45, 2.75) is 12.8 Å². The molecule has 152 valence electrons. The molecule has 0 radical (unpaired) electrons. The molecule has 6 nitrogen and oxygen atoms in total. The van der Waals surface area contributed by atoms with Gasteiger partial charge < -0.3 is 15.4 Å². The summed E-state index contributed by atoms with van der Waals surface area (Å²) < 4.78 is 5.93. The molecule has 1 amide bonds. The van der Waals surface area contributed by atoms with E-state index in [0.717, 1.165) is 41.6 Å². The highest BCUT2D eigenvalue weighted by Crippen LogP contribution is 2.23. The first-order chi connectivity index (χ1) is 14.7. The summed E-state index contributed by atoms with van der Waals surface area (Å²) in [5, 5.41) is 6.72. The largest absolute Gasteiger partial charge is 0.457 e. The number of hydrogen-bond acceptors (Lipinski definition) is 5. The number of hydrogen-bond donors (Lipinski definition) is 2. The van der Waals surface area contributed by atoms with Gasteiger partial charge in [0.15, 0.2) is 0 Å². The maximum absolute atomic E-state index is 12.1. The first-order valence-corrected chi connectivity index (χ1v) is 10.1. The molecule has 0 unspecified atom stereocenters. The number of amides is 1. The van der Waals surface area contributed by atoms with E-state index in [9.17, 15) is 4.79 Å². The number of carbonyl (C=O) groups is 1. The second kappa shape index (κ2) is 9.41. The Balaban J connectivity index is 1.30. The van der Waals surface area contributed by atoms with Gasteiger partial charge in [0.05, 0.1) is 6.54 Å². The van der Waals surface area contributed by atoms with Crippen molar-refractivity contribution in [3.8, 4) is 11.5 Å². The number of carbonyl (C=O) groups excluding carboxylic acids is 1. The number of pyridine rings is 1. The number of benzene rings is 2. The van der Waals surface area contributed by atoms with E-state index >= 15 is 0 Å². The van der Waals surface area contributed by atoms with Crippen LogP contribution >= 0.6 is 11.6 Å². The molecule has 7 heteroatoms. The molecule has 1 aromatic heterocycles. The molecule has 30 heavy (non-hydrogen) atoms. The van der Waals surface area contributed by atoms with Crippen molar-refractivity contribution in [2.24, 2.45) is 4.99 Å². The fourth-order valence-corrected chi connectivity index (χ4v) is 3.17. The van der Waals surface area contributed by atoms with Crippen LogP contribution in [0.25, 0.3) is 0 Å². The second-order valence-corrected chi connectivity index (χ2v) is 7.27. The Labute approximate surface area is 180 Å². The molecule has 4 rings (SSSR count). The number of nitrogens with zero attached hydrogens (tertiary/aromatic N) is 2. The zero-order valence-corrected chi connectivity index (χ0v) is 17.0. The van der Waals surface area contributed by atoms with Crippen LogP contribution in [-0.4, -0.2) is 29.8 Å². The van der Waals surface area contributed by atoms with Gasteiger partial charge in [-0.3, -0.25) is 14.8 Å². The van der Waals surface area contributed by atoms with Crippen molar-refractivity contribution < 1.29 is 9.53 Å².